The molecule has 0 bridgehead atoms. The molecule has 2 aromatic rings. The van der Waals surface area contributed by atoms with Crippen LogP contribution in [-0.4, -0.2) is 16.4 Å². The second kappa shape index (κ2) is 2.51. The summed E-state index contributed by atoms with van der Waals surface area (Å²) in [5.74, 6) is 0. The zero-order valence-corrected chi connectivity index (χ0v) is 7.32. The molecule has 1 aromatic carbocycles. The van der Waals surface area contributed by atoms with Gasteiger partial charge < -0.3 is 0 Å². The molecule has 0 unspecified atom stereocenters. The van der Waals surface area contributed by atoms with E-state index in [9.17, 15) is 4.79 Å². The first-order chi connectivity index (χ1) is 6.86. The van der Waals surface area contributed by atoms with Gasteiger partial charge in [-0.2, -0.15) is 5.10 Å². The third-order valence-corrected chi connectivity index (χ3v) is 2.38. The molecule has 0 fully saturated rings. The van der Waals surface area contributed by atoms with Crippen molar-refractivity contribution < 1.29 is 0 Å². The van der Waals surface area contributed by atoms with Gasteiger partial charge in [-0.05, 0) is 12.1 Å². The fraction of sp³-hybridized carbons (Fsp3) is 0.100. The summed E-state index contributed by atoms with van der Waals surface area (Å²) in [6.45, 7) is 0. The highest BCUT2D eigenvalue weighted by atomic mass is 16.1. The molecular weight excluding hydrogens is 178 g/mol. The van der Waals surface area contributed by atoms with Crippen molar-refractivity contribution in [2.24, 2.45) is 4.99 Å². The van der Waals surface area contributed by atoms with E-state index in [4.69, 9.17) is 0 Å². The van der Waals surface area contributed by atoms with E-state index in [1.165, 1.54) is 0 Å². The van der Waals surface area contributed by atoms with Crippen LogP contribution in [0, 0.1) is 0 Å². The molecule has 0 amide bonds. The maximum absolute atomic E-state index is 11.5. The third kappa shape index (κ3) is 0.849. The Labute approximate surface area is 79.3 Å². The van der Waals surface area contributed by atoms with E-state index in [2.05, 4.69) is 15.2 Å². The van der Waals surface area contributed by atoms with Crippen LogP contribution < -0.4 is 5.56 Å². The van der Waals surface area contributed by atoms with Crippen LogP contribution in [0.3, 0.4) is 0 Å². The summed E-state index contributed by atoms with van der Waals surface area (Å²) in [5, 5.41) is 8.05. The first-order valence-corrected chi connectivity index (χ1v) is 4.39. The summed E-state index contributed by atoms with van der Waals surface area (Å²) in [4.78, 5) is 15.7. The molecule has 0 aliphatic carbocycles. The van der Waals surface area contributed by atoms with Crippen molar-refractivity contribution in [2.45, 2.75) is 6.42 Å². The Hall–Kier alpha value is -1.97. The lowest BCUT2D eigenvalue weighted by atomic mass is 10.1. The molecule has 1 aliphatic rings. The van der Waals surface area contributed by atoms with E-state index in [1.807, 2.05) is 18.3 Å². The zero-order valence-electron chi connectivity index (χ0n) is 7.32. The normalized spacial score (nSPS) is 13.4. The number of benzene rings is 1. The van der Waals surface area contributed by atoms with Gasteiger partial charge in [-0.15, -0.1) is 0 Å². The van der Waals surface area contributed by atoms with Crippen molar-refractivity contribution in [2.75, 3.05) is 0 Å². The molecule has 4 nitrogen and oxygen atoms in total. The molecule has 68 valence electrons. The smallest absolute Gasteiger partial charge is 0.267 e. The van der Waals surface area contributed by atoms with E-state index >= 15 is 0 Å². The maximum atomic E-state index is 11.5. The minimum atomic E-state index is -0.150. The molecule has 0 spiro atoms. The van der Waals surface area contributed by atoms with Crippen molar-refractivity contribution in [3.63, 3.8) is 0 Å². The van der Waals surface area contributed by atoms with Gasteiger partial charge in [0.15, 0.2) is 0 Å². The van der Waals surface area contributed by atoms with Crippen LogP contribution in [0.2, 0.25) is 0 Å². The Bertz CT molecular complexity index is 598. The SMILES string of the molecule is O=c1[nH]nc2c3c(cccc13)N=CC2. The molecule has 14 heavy (non-hydrogen) atoms. The van der Waals surface area contributed by atoms with Crippen LogP contribution in [0.15, 0.2) is 28.0 Å². The number of aliphatic imine (C=N–C) groups is 1. The van der Waals surface area contributed by atoms with Crippen molar-refractivity contribution >= 4 is 22.7 Å². The van der Waals surface area contributed by atoms with Crippen LogP contribution in [0.1, 0.15) is 5.69 Å². The fourth-order valence-corrected chi connectivity index (χ4v) is 1.75. The van der Waals surface area contributed by atoms with E-state index in [-0.39, 0.29) is 5.56 Å². The molecule has 3 rings (SSSR count). The predicted octanol–water partition coefficient (Wildman–Crippen LogP) is 1.18. The lowest BCUT2D eigenvalue weighted by Gasteiger charge is -2.08. The van der Waals surface area contributed by atoms with Crippen molar-refractivity contribution in [3.8, 4) is 0 Å². The first kappa shape index (κ1) is 7.44. The summed E-state index contributed by atoms with van der Waals surface area (Å²) < 4.78 is 0. The van der Waals surface area contributed by atoms with Gasteiger partial charge in [-0.1, -0.05) is 6.07 Å². The van der Waals surface area contributed by atoms with Gasteiger partial charge in [0, 0.05) is 18.0 Å². The molecular formula is C10H7N3O. The molecule has 0 saturated heterocycles. The first-order valence-electron chi connectivity index (χ1n) is 4.39. The molecule has 2 heterocycles. The minimum absolute atomic E-state index is 0.150. The van der Waals surface area contributed by atoms with Gasteiger partial charge in [0.1, 0.15) is 0 Å². The van der Waals surface area contributed by atoms with Crippen molar-refractivity contribution in [3.05, 3.63) is 34.2 Å². The Morgan fingerprint density at radius 1 is 1.36 bits per heavy atom. The van der Waals surface area contributed by atoms with Crippen LogP contribution in [-0.2, 0) is 6.42 Å². The predicted molar refractivity (Wildman–Crippen MR) is 54.2 cm³/mol. The number of H-pyrrole nitrogens is 1. The van der Waals surface area contributed by atoms with Gasteiger partial charge in [0.25, 0.3) is 5.56 Å². The summed E-state index contributed by atoms with van der Waals surface area (Å²) >= 11 is 0. The Kier molecular flexibility index (Phi) is 1.33. The lowest BCUT2D eigenvalue weighted by molar-refractivity contribution is 0.953. The average Bonchev–Trinajstić information content (AvgIpc) is 2.24. The summed E-state index contributed by atoms with van der Waals surface area (Å²) in [6, 6.07) is 5.52. The standard InChI is InChI=1S/C10H7N3O/c14-10-6-2-1-3-7-9(6)8(12-13-10)4-5-11-7/h1-3,5H,4H2,(H,13,14). The quantitative estimate of drug-likeness (QED) is 0.670. The number of aromatic nitrogens is 2. The largest absolute Gasteiger partial charge is 0.272 e. The third-order valence-electron chi connectivity index (χ3n) is 2.38. The molecule has 1 aliphatic heterocycles. The minimum Gasteiger partial charge on any atom is -0.267 e. The number of hydrogen-bond acceptors (Lipinski definition) is 3. The summed E-state index contributed by atoms with van der Waals surface area (Å²) in [6.07, 6.45) is 2.49. The number of rotatable bonds is 0. The molecule has 1 N–H and O–H groups in total. The van der Waals surface area contributed by atoms with Gasteiger partial charge in [0.2, 0.25) is 0 Å². The van der Waals surface area contributed by atoms with Gasteiger partial charge >= 0.3 is 0 Å². The highest BCUT2D eigenvalue weighted by Gasteiger charge is 2.12. The van der Waals surface area contributed by atoms with E-state index < -0.39 is 0 Å². The number of nitrogens with one attached hydrogen (secondary N) is 1. The molecule has 0 saturated carbocycles. The molecule has 0 atom stereocenters. The number of hydrogen-bond donors (Lipinski definition) is 1. The van der Waals surface area contributed by atoms with Gasteiger partial charge in [0.05, 0.1) is 16.8 Å². The van der Waals surface area contributed by atoms with Crippen LogP contribution in [0.25, 0.3) is 10.8 Å². The van der Waals surface area contributed by atoms with Crippen LogP contribution in [0.5, 0.6) is 0 Å². The number of nitrogens with zero attached hydrogens (tertiary/aromatic N) is 2. The monoisotopic (exact) mass is 185 g/mol. The van der Waals surface area contributed by atoms with Crippen LogP contribution in [0.4, 0.5) is 5.69 Å². The van der Waals surface area contributed by atoms with Crippen LogP contribution >= 0.6 is 0 Å². The van der Waals surface area contributed by atoms with Crippen molar-refractivity contribution in [1.82, 2.24) is 10.2 Å². The van der Waals surface area contributed by atoms with E-state index in [1.54, 1.807) is 6.07 Å². The van der Waals surface area contributed by atoms with Gasteiger partial charge in [-0.25, -0.2) is 5.10 Å². The summed E-state index contributed by atoms with van der Waals surface area (Å²) in [5.41, 5.74) is 1.58. The average molecular weight is 185 g/mol. The second-order valence-electron chi connectivity index (χ2n) is 3.21. The highest BCUT2D eigenvalue weighted by Crippen LogP contribution is 2.28. The Morgan fingerprint density at radius 3 is 3.21 bits per heavy atom. The second-order valence-corrected chi connectivity index (χ2v) is 3.21. The van der Waals surface area contributed by atoms with Crippen molar-refractivity contribution in [1.29, 1.82) is 0 Å². The van der Waals surface area contributed by atoms with E-state index in [0.29, 0.717) is 11.8 Å². The molecule has 4 heteroatoms. The van der Waals surface area contributed by atoms with Gasteiger partial charge in [-0.3, -0.25) is 9.79 Å². The van der Waals surface area contributed by atoms with E-state index in [0.717, 1.165) is 16.8 Å². The Morgan fingerprint density at radius 2 is 2.29 bits per heavy atom. The number of aromatic amines is 1. The topological polar surface area (TPSA) is 58.1 Å². The Balaban J connectivity index is 2.63. The highest BCUT2D eigenvalue weighted by molar-refractivity contribution is 5.98. The zero-order chi connectivity index (χ0) is 9.54. The fourth-order valence-electron chi connectivity index (χ4n) is 1.75. The molecule has 1 aromatic heterocycles. The maximum Gasteiger partial charge on any atom is 0.272 e. The molecule has 0 radical (unpaired) electrons. The summed E-state index contributed by atoms with van der Waals surface area (Å²) in [7, 11) is 0. The lowest BCUT2D eigenvalue weighted by Crippen LogP contribution is -2.12.